The van der Waals surface area contributed by atoms with Crippen LogP contribution in [0.2, 0.25) is 0 Å². The third-order valence-corrected chi connectivity index (χ3v) is 2.62. The minimum Gasteiger partial charge on any atom is -0.335 e. The predicted octanol–water partition coefficient (Wildman–Crippen LogP) is 1.73. The Labute approximate surface area is 79.5 Å². The molecule has 13 heavy (non-hydrogen) atoms. The molecular weight excluding hydrogens is 164 g/mol. The molecule has 3 nitrogen and oxygen atoms in total. The van der Waals surface area contributed by atoms with Crippen molar-refractivity contribution in [3.63, 3.8) is 0 Å². The molecule has 2 amide bonds. The molecule has 0 bridgehead atoms. The Hall–Kier alpha value is -0.730. The molecule has 0 atom stereocenters. The maximum atomic E-state index is 11.7. The average Bonchev–Trinajstić information content (AvgIpc) is 2.92. The van der Waals surface area contributed by atoms with Gasteiger partial charge in [-0.1, -0.05) is 6.92 Å². The largest absolute Gasteiger partial charge is 0.335 e. The van der Waals surface area contributed by atoms with Gasteiger partial charge in [0.1, 0.15) is 0 Å². The lowest BCUT2D eigenvalue weighted by Crippen LogP contribution is -2.42. The second-order valence-electron chi connectivity index (χ2n) is 4.15. The molecule has 2 fully saturated rings. The molecule has 2 aliphatic rings. The summed E-state index contributed by atoms with van der Waals surface area (Å²) in [7, 11) is 0. The highest BCUT2D eigenvalue weighted by Crippen LogP contribution is 2.28. The maximum Gasteiger partial charge on any atom is 0.317 e. The molecule has 2 rings (SSSR count). The summed E-state index contributed by atoms with van der Waals surface area (Å²) in [6.45, 7) is 3.04. The maximum absolute atomic E-state index is 11.7. The first-order valence-corrected chi connectivity index (χ1v) is 5.38. The molecule has 0 aliphatic heterocycles. The Kier molecular flexibility index (Phi) is 2.42. The van der Waals surface area contributed by atoms with Gasteiger partial charge < -0.3 is 10.2 Å². The van der Waals surface area contributed by atoms with Crippen LogP contribution in [-0.2, 0) is 0 Å². The Morgan fingerprint density at radius 3 is 2.54 bits per heavy atom. The summed E-state index contributed by atoms with van der Waals surface area (Å²) in [5.41, 5.74) is 0. The lowest BCUT2D eigenvalue weighted by atomic mass is 10.4. The average molecular weight is 182 g/mol. The summed E-state index contributed by atoms with van der Waals surface area (Å²) < 4.78 is 0. The van der Waals surface area contributed by atoms with Crippen LogP contribution in [0.1, 0.15) is 39.0 Å². The summed E-state index contributed by atoms with van der Waals surface area (Å²) >= 11 is 0. The molecule has 0 saturated heterocycles. The van der Waals surface area contributed by atoms with E-state index < -0.39 is 0 Å². The van der Waals surface area contributed by atoms with Crippen LogP contribution in [0.3, 0.4) is 0 Å². The minimum atomic E-state index is 0.173. The molecule has 0 spiro atoms. The number of hydrogen-bond donors (Lipinski definition) is 1. The molecule has 2 saturated carbocycles. The van der Waals surface area contributed by atoms with Crippen LogP contribution in [0.4, 0.5) is 4.79 Å². The van der Waals surface area contributed by atoms with Gasteiger partial charge in [0.05, 0.1) is 0 Å². The fourth-order valence-electron chi connectivity index (χ4n) is 1.56. The van der Waals surface area contributed by atoms with E-state index in [2.05, 4.69) is 12.2 Å². The van der Waals surface area contributed by atoms with Crippen molar-refractivity contribution in [2.45, 2.75) is 51.1 Å². The number of hydrogen-bond acceptors (Lipinski definition) is 1. The van der Waals surface area contributed by atoms with E-state index >= 15 is 0 Å². The van der Waals surface area contributed by atoms with Gasteiger partial charge in [-0.15, -0.1) is 0 Å². The SMILES string of the molecule is CCCN(C(=O)NC1CC1)C1CC1. The summed E-state index contributed by atoms with van der Waals surface area (Å²) in [5.74, 6) is 0. The van der Waals surface area contributed by atoms with Gasteiger partial charge in [-0.25, -0.2) is 4.79 Å². The molecule has 1 N–H and O–H groups in total. The van der Waals surface area contributed by atoms with Crippen molar-refractivity contribution in [3.8, 4) is 0 Å². The highest BCUT2D eigenvalue weighted by molar-refractivity contribution is 5.75. The number of nitrogens with one attached hydrogen (secondary N) is 1. The van der Waals surface area contributed by atoms with Gasteiger partial charge in [0.2, 0.25) is 0 Å². The molecule has 0 aromatic rings. The standard InChI is InChI=1S/C10H18N2O/c1-2-7-12(9-5-6-9)10(13)11-8-3-4-8/h8-9H,2-7H2,1H3,(H,11,13). The van der Waals surface area contributed by atoms with Gasteiger partial charge in [-0.05, 0) is 32.1 Å². The first-order chi connectivity index (χ1) is 6.31. The summed E-state index contributed by atoms with van der Waals surface area (Å²) in [6, 6.07) is 1.22. The number of carbonyl (C=O) groups is 1. The van der Waals surface area contributed by atoms with Crippen molar-refractivity contribution in [1.29, 1.82) is 0 Å². The fourth-order valence-corrected chi connectivity index (χ4v) is 1.56. The van der Waals surface area contributed by atoms with Crippen LogP contribution >= 0.6 is 0 Å². The van der Waals surface area contributed by atoms with Gasteiger partial charge in [0.15, 0.2) is 0 Å². The van der Waals surface area contributed by atoms with E-state index in [1.807, 2.05) is 4.90 Å². The summed E-state index contributed by atoms with van der Waals surface area (Å²) in [5, 5.41) is 3.05. The Balaban J connectivity index is 1.81. The van der Waals surface area contributed by atoms with E-state index in [4.69, 9.17) is 0 Å². The van der Waals surface area contributed by atoms with Crippen LogP contribution in [0.5, 0.6) is 0 Å². The normalized spacial score (nSPS) is 21.3. The van der Waals surface area contributed by atoms with Crippen molar-refractivity contribution >= 4 is 6.03 Å². The molecular formula is C10H18N2O. The monoisotopic (exact) mass is 182 g/mol. The van der Waals surface area contributed by atoms with E-state index in [9.17, 15) is 4.79 Å². The molecule has 74 valence electrons. The minimum absolute atomic E-state index is 0.173. The predicted molar refractivity (Wildman–Crippen MR) is 51.6 cm³/mol. The number of urea groups is 1. The van der Waals surface area contributed by atoms with Crippen LogP contribution in [-0.4, -0.2) is 29.6 Å². The van der Waals surface area contributed by atoms with Crippen molar-refractivity contribution in [2.24, 2.45) is 0 Å². The van der Waals surface area contributed by atoms with Gasteiger partial charge in [0.25, 0.3) is 0 Å². The van der Waals surface area contributed by atoms with Crippen molar-refractivity contribution in [2.75, 3.05) is 6.54 Å². The number of nitrogens with zero attached hydrogens (tertiary/aromatic N) is 1. The van der Waals surface area contributed by atoms with Crippen LogP contribution < -0.4 is 5.32 Å². The number of carbonyl (C=O) groups excluding carboxylic acids is 1. The topological polar surface area (TPSA) is 32.3 Å². The fraction of sp³-hybridized carbons (Fsp3) is 0.900. The van der Waals surface area contributed by atoms with Crippen molar-refractivity contribution < 1.29 is 4.79 Å². The van der Waals surface area contributed by atoms with E-state index in [1.165, 1.54) is 25.7 Å². The first-order valence-electron chi connectivity index (χ1n) is 5.38. The van der Waals surface area contributed by atoms with Crippen LogP contribution in [0.25, 0.3) is 0 Å². The molecule has 0 unspecified atom stereocenters. The van der Waals surface area contributed by atoms with Gasteiger partial charge in [-0.2, -0.15) is 0 Å². The van der Waals surface area contributed by atoms with Crippen molar-refractivity contribution in [3.05, 3.63) is 0 Å². The van der Waals surface area contributed by atoms with E-state index in [-0.39, 0.29) is 6.03 Å². The van der Waals surface area contributed by atoms with E-state index in [0.29, 0.717) is 12.1 Å². The van der Waals surface area contributed by atoms with E-state index in [1.54, 1.807) is 0 Å². The Morgan fingerprint density at radius 1 is 1.38 bits per heavy atom. The third kappa shape index (κ3) is 2.36. The second-order valence-corrected chi connectivity index (χ2v) is 4.15. The summed E-state index contributed by atoms with van der Waals surface area (Å²) in [4.78, 5) is 13.7. The van der Waals surface area contributed by atoms with Crippen molar-refractivity contribution in [1.82, 2.24) is 10.2 Å². The Bertz CT molecular complexity index is 197. The molecule has 0 aromatic carbocycles. The number of amides is 2. The molecule has 0 radical (unpaired) electrons. The lowest BCUT2D eigenvalue weighted by molar-refractivity contribution is 0.194. The summed E-state index contributed by atoms with van der Waals surface area (Å²) in [6.07, 6.45) is 5.83. The first kappa shape index (κ1) is 8.85. The highest BCUT2D eigenvalue weighted by atomic mass is 16.2. The molecule has 0 aromatic heterocycles. The van der Waals surface area contributed by atoms with Crippen LogP contribution in [0.15, 0.2) is 0 Å². The smallest absolute Gasteiger partial charge is 0.317 e. The van der Waals surface area contributed by atoms with Crippen LogP contribution in [0, 0.1) is 0 Å². The van der Waals surface area contributed by atoms with E-state index in [0.717, 1.165) is 13.0 Å². The molecule has 3 heteroatoms. The quantitative estimate of drug-likeness (QED) is 0.705. The Morgan fingerprint density at radius 2 is 2.08 bits per heavy atom. The lowest BCUT2D eigenvalue weighted by Gasteiger charge is -2.21. The van der Waals surface area contributed by atoms with Gasteiger partial charge in [-0.3, -0.25) is 0 Å². The molecule has 0 heterocycles. The third-order valence-electron chi connectivity index (χ3n) is 2.62. The zero-order valence-electron chi connectivity index (χ0n) is 8.25. The molecule has 2 aliphatic carbocycles. The zero-order chi connectivity index (χ0) is 9.26. The second kappa shape index (κ2) is 3.56. The van der Waals surface area contributed by atoms with Gasteiger partial charge in [0, 0.05) is 18.6 Å². The van der Waals surface area contributed by atoms with Gasteiger partial charge >= 0.3 is 6.03 Å². The highest BCUT2D eigenvalue weighted by Gasteiger charge is 2.34. The number of rotatable bonds is 4. The zero-order valence-corrected chi connectivity index (χ0v) is 8.25.